The van der Waals surface area contributed by atoms with Crippen LogP contribution >= 0.6 is 11.6 Å². The number of nitrogens with zero attached hydrogens (tertiary/aromatic N) is 1. The molecule has 22 heavy (non-hydrogen) atoms. The molecular weight excluding hydrogens is 290 g/mol. The van der Waals surface area contributed by atoms with E-state index in [4.69, 9.17) is 11.6 Å². The van der Waals surface area contributed by atoms with Gasteiger partial charge >= 0.3 is 0 Å². The molecule has 0 fully saturated rings. The second-order valence-corrected chi connectivity index (χ2v) is 6.09. The third-order valence-corrected chi connectivity index (χ3v) is 4.46. The highest BCUT2D eigenvalue weighted by Gasteiger charge is 2.19. The van der Waals surface area contributed by atoms with Crippen LogP contribution in [-0.4, -0.2) is 0 Å². The van der Waals surface area contributed by atoms with Gasteiger partial charge in [-0.15, -0.1) is 0 Å². The van der Waals surface area contributed by atoms with Gasteiger partial charge in [0.25, 0.3) is 0 Å². The second-order valence-electron chi connectivity index (χ2n) is 5.65. The van der Waals surface area contributed by atoms with E-state index in [1.54, 1.807) is 0 Å². The fourth-order valence-corrected chi connectivity index (χ4v) is 3.35. The van der Waals surface area contributed by atoms with Gasteiger partial charge in [0.05, 0.1) is 0 Å². The quantitative estimate of drug-likeness (QED) is 0.571. The Morgan fingerprint density at radius 1 is 0.682 bits per heavy atom. The average Bonchev–Trinajstić information content (AvgIpc) is 2.72. The molecule has 0 bridgehead atoms. The lowest BCUT2D eigenvalue weighted by Crippen LogP contribution is -2.20. The molecule has 0 radical (unpaired) electrons. The van der Waals surface area contributed by atoms with Crippen LogP contribution in [0.25, 0.3) is 11.1 Å². The normalized spacial score (nSPS) is 13.2. The maximum Gasteiger partial charge on any atom is 0.0439 e. The van der Waals surface area contributed by atoms with Gasteiger partial charge in [-0.05, 0) is 40.5 Å². The Balaban J connectivity index is 1.86. The molecule has 0 amide bonds. The van der Waals surface area contributed by atoms with Gasteiger partial charge < -0.3 is 4.90 Å². The summed E-state index contributed by atoms with van der Waals surface area (Å²) in [5.41, 5.74) is 6.55. The van der Waals surface area contributed by atoms with Crippen molar-refractivity contribution < 1.29 is 0 Å². The summed E-state index contributed by atoms with van der Waals surface area (Å²) in [6.07, 6.45) is 0. The zero-order chi connectivity index (χ0) is 14.9. The van der Waals surface area contributed by atoms with Gasteiger partial charge in [0.15, 0.2) is 0 Å². The highest BCUT2D eigenvalue weighted by molar-refractivity contribution is 6.30. The maximum atomic E-state index is 6.18. The summed E-state index contributed by atoms with van der Waals surface area (Å²) < 4.78 is 0. The Kier molecular flexibility index (Phi) is 3.36. The molecule has 3 aromatic carbocycles. The van der Waals surface area contributed by atoms with Crippen molar-refractivity contribution in [3.8, 4) is 11.1 Å². The van der Waals surface area contributed by atoms with Crippen molar-refractivity contribution in [2.24, 2.45) is 0 Å². The first-order valence-corrected chi connectivity index (χ1v) is 7.86. The van der Waals surface area contributed by atoms with Gasteiger partial charge in [0.2, 0.25) is 0 Å². The Morgan fingerprint density at radius 2 is 1.27 bits per heavy atom. The molecule has 3 aromatic rings. The van der Waals surface area contributed by atoms with Crippen molar-refractivity contribution in [3.05, 3.63) is 88.9 Å². The minimum Gasteiger partial charge on any atom is -0.363 e. The molecular formula is C20H16ClN. The van der Waals surface area contributed by atoms with Crippen LogP contribution in [0.5, 0.6) is 0 Å². The summed E-state index contributed by atoms with van der Waals surface area (Å²) in [5, 5.41) is 0.781. The summed E-state index contributed by atoms with van der Waals surface area (Å²) in [6, 6.07) is 25.4. The third kappa shape index (κ3) is 2.38. The van der Waals surface area contributed by atoms with Crippen LogP contribution < -0.4 is 4.90 Å². The van der Waals surface area contributed by atoms with Crippen LogP contribution in [0.3, 0.4) is 0 Å². The van der Waals surface area contributed by atoms with Crippen LogP contribution in [0.15, 0.2) is 72.8 Å². The van der Waals surface area contributed by atoms with Crippen LogP contribution in [0.2, 0.25) is 5.02 Å². The van der Waals surface area contributed by atoms with Crippen molar-refractivity contribution in [2.75, 3.05) is 4.90 Å². The topological polar surface area (TPSA) is 3.24 Å². The SMILES string of the molecule is Clc1cccc(N2Cc3ccccc3-c3ccccc3C2)c1. The fourth-order valence-electron chi connectivity index (χ4n) is 3.16. The van der Waals surface area contributed by atoms with Gasteiger partial charge in [-0.2, -0.15) is 0 Å². The van der Waals surface area contributed by atoms with E-state index in [1.165, 1.54) is 27.9 Å². The summed E-state index contributed by atoms with van der Waals surface area (Å²) in [6.45, 7) is 1.79. The minimum atomic E-state index is 0.781. The summed E-state index contributed by atoms with van der Waals surface area (Å²) in [7, 11) is 0. The number of fused-ring (bicyclic) bond motifs is 3. The van der Waals surface area contributed by atoms with Crippen LogP contribution in [-0.2, 0) is 13.1 Å². The highest BCUT2D eigenvalue weighted by Crippen LogP contribution is 2.34. The van der Waals surface area contributed by atoms with Crippen molar-refractivity contribution in [2.45, 2.75) is 13.1 Å². The molecule has 2 heteroatoms. The number of benzene rings is 3. The predicted octanol–water partition coefficient (Wildman–Crippen LogP) is 5.53. The van der Waals surface area contributed by atoms with E-state index >= 15 is 0 Å². The van der Waals surface area contributed by atoms with Crippen molar-refractivity contribution in [1.82, 2.24) is 0 Å². The number of halogens is 1. The van der Waals surface area contributed by atoms with E-state index in [0.717, 1.165) is 18.1 Å². The van der Waals surface area contributed by atoms with Gasteiger partial charge in [-0.3, -0.25) is 0 Å². The third-order valence-electron chi connectivity index (χ3n) is 4.22. The molecule has 108 valence electrons. The fraction of sp³-hybridized carbons (Fsp3) is 0.100. The summed E-state index contributed by atoms with van der Waals surface area (Å²) in [5.74, 6) is 0. The van der Waals surface area contributed by atoms with E-state index < -0.39 is 0 Å². The molecule has 4 rings (SSSR count). The van der Waals surface area contributed by atoms with Crippen molar-refractivity contribution in [1.29, 1.82) is 0 Å². The highest BCUT2D eigenvalue weighted by atomic mass is 35.5. The number of anilines is 1. The number of rotatable bonds is 1. The van der Waals surface area contributed by atoms with E-state index in [0.29, 0.717) is 0 Å². The molecule has 0 saturated carbocycles. The molecule has 0 aliphatic carbocycles. The molecule has 1 aliphatic rings. The van der Waals surface area contributed by atoms with Gasteiger partial charge in [0.1, 0.15) is 0 Å². The Bertz CT molecular complexity index is 778. The van der Waals surface area contributed by atoms with E-state index in [2.05, 4.69) is 59.5 Å². The Morgan fingerprint density at radius 3 is 1.86 bits per heavy atom. The number of hydrogen-bond donors (Lipinski definition) is 0. The van der Waals surface area contributed by atoms with Gasteiger partial charge in [-0.1, -0.05) is 66.2 Å². The molecule has 0 aromatic heterocycles. The zero-order valence-electron chi connectivity index (χ0n) is 12.2. The average molecular weight is 306 g/mol. The zero-order valence-corrected chi connectivity index (χ0v) is 12.9. The Hall–Kier alpha value is -2.25. The van der Waals surface area contributed by atoms with E-state index in [9.17, 15) is 0 Å². The van der Waals surface area contributed by atoms with E-state index in [-0.39, 0.29) is 0 Å². The van der Waals surface area contributed by atoms with Crippen LogP contribution in [0.1, 0.15) is 11.1 Å². The van der Waals surface area contributed by atoms with Gasteiger partial charge in [-0.25, -0.2) is 0 Å². The maximum absolute atomic E-state index is 6.18. The number of hydrogen-bond acceptors (Lipinski definition) is 1. The summed E-state index contributed by atoms with van der Waals surface area (Å²) in [4.78, 5) is 2.39. The van der Waals surface area contributed by atoms with Crippen LogP contribution in [0, 0.1) is 0 Å². The van der Waals surface area contributed by atoms with Crippen molar-refractivity contribution in [3.63, 3.8) is 0 Å². The van der Waals surface area contributed by atoms with Crippen LogP contribution in [0.4, 0.5) is 5.69 Å². The van der Waals surface area contributed by atoms with Gasteiger partial charge in [0, 0.05) is 23.8 Å². The van der Waals surface area contributed by atoms with Crippen molar-refractivity contribution >= 4 is 17.3 Å². The second kappa shape index (κ2) is 5.51. The molecule has 0 unspecified atom stereocenters. The monoisotopic (exact) mass is 305 g/mol. The standard InChI is InChI=1S/C20H16ClN/c21-17-8-5-9-18(12-17)22-13-15-6-1-3-10-19(15)20-11-4-2-7-16(20)14-22/h1-12H,13-14H2. The molecule has 1 heterocycles. The smallest absolute Gasteiger partial charge is 0.0439 e. The molecule has 0 saturated heterocycles. The molecule has 1 aliphatic heterocycles. The first kappa shape index (κ1) is 13.4. The van der Waals surface area contributed by atoms with E-state index in [1.807, 2.05) is 18.2 Å². The lowest BCUT2D eigenvalue weighted by atomic mass is 9.97. The first-order chi connectivity index (χ1) is 10.8. The molecule has 0 atom stereocenters. The first-order valence-electron chi connectivity index (χ1n) is 7.48. The summed E-state index contributed by atoms with van der Waals surface area (Å²) >= 11 is 6.18. The molecule has 0 spiro atoms. The molecule has 0 N–H and O–H groups in total. The lowest BCUT2D eigenvalue weighted by Gasteiger charge is -2.24. The predicted molar refractivity (Wildman–Crippen MR) is 93.2 cm³/mol. The lowest BCUT2D eigenvalue weighted by molar-refractivity contribution is 0.812. The Labute approximate surface area is 135 Å². The largest absolute Gasteiger partial charge is 0.363 e. The minimum absolute atomic E-state index is 0.781. The molecule has 1 nitrogen and oxygen atoms in total.